The van der Waals surface area contributed by atoms with Gasteiger partial charge in [-0.3, -0.25) is 19.2 Å². The largest absolute Gasteiger partial charge is 0.480 e. The summed E-state index contributed by atoms with van der Waals surface area (Å²) in [5.74, 6) is -3.39. The minimum atomic E-state index is -1.77. The van der Waals surface area contributed by atoms with E-state index in [4.69, 9.17) is 19.9 Å². The van der Waals surface area contributed by atoms with Crippen molar-refractivity contribution in [2.24, 2.45) is 23.0 Å². The zero-order chi connectivity index (χ0) is 27.8. The number of rotatable bonds is 12. The number of carbonyl (C=O) groups excluding carboxylic acids is 3. The van der Waals surface area contributed by atoms with Gasteiger partial charge in [0.25, 0.3) is 0 Å². The Morgan fingerprint density at radius 3 is 1.86 bits per heavy atom. The van der Waals surface area contributed by atoms with E-state index in [1.54, 1.807) is 47.6 Å². The van der Waals surface area contributed by atoms with Gasteiger partial charge in [0, 0.05) is 12.8 Å². The fourth-order valence-corrected chi connectivity index (χ4v) is 3.09. The van der Waals surface area contributed by atoms with Gasteiger partial charge >= 0.3 is 23.9 Å². The molecule has 1 aromatic rings. The molecule has 0 saturated carbocycles. The molecule has 0 spiro atoms. The smallest absolute Gasteiger partial charge is 0.324 e. The lowest BCUT2D eigenvalue weighted by Crippen LogP contribution is -2.52. The molecule has 3 N–H and O–H groups in total. The average molecular weight is 508 g/mol. The van der Waals surface area contributed by atoms with Crippen molar-refractivity contribution in [2.75, 3.05) is 0 Å². The summed E-state index contributed by atoms with van der Waals surface area (Å²) in [4.78, 5) is 49.2. The summed E-state index contributed by atoms with van der Waals surface area (Å²) in [5, 5.41) is 9.90. The van der Waals surface area contributed by atoms with Gasteiger partial charge in [0.2, 0.25) is 0 Å². The van der Waals surface area contributed by atoms with Gasteiger partial charge < -0.3 is 25.1 Å². The van der Waals surface area contributed by atoms with Crippen LogP contribution in [0.25, 0.3) is 0 Å². The van der Waals surface area contributed by atoms with Crippen LogP contribution < -0.4 is 15.2 Å². The summed E-state index contributed by atoms with van der Waals surface area (Å²) >= 11 is 0. The van der Waals surface area contributed by atoms with E-state index in [1.807, 2.05) is 13.8 Å². The van der Waals surface area contributed by atoms with E-state index >= 15 is 0 Å². The molecule has 0 heterocycles. The van der Waals surface area contributed by atoms with Crippen LogP contribution in [0.15, 0.2) is 18.2 Å². The lowest BCUT2D eigenvalue weighted by molar-refractivity contribution is -0.160. The fourth-order valence-electron chi connectivity index (χ4n) is 3.09. The maximum Gasteiger partial charge on any atom is 0.324 e. The van der Waals surface area contributed by atoms with Crippen LogP contribution in [0.1, 0.15) is 80.2 Å². The van der Waals surface area contributed by atoms with Gasteiger partial charge in [-0.1, -0.05) is 33.8 Å². The second kappa shape index (κ2) is 12.9. The van der Waals surface area contributed by atoms with Crippen LogP contribution in [-0.2, 0) is 30.3 Å². The molecule has 3 unspecified atom stereocenters. The van der Waals surface area contributed by atoms with Crippen molar-refractivity contribution in [2.45, 2.75) is 92.7 Å². The van der Waals surface area contributed by atoms with Crippen molar-refractivity contribution >= 4 is 23.9 Å². The summed E-state index contributed by atoms with van der Waals surface area (Å²) < 4.78 is 16.4. The topological polar surface area (TPSA) is 142 Å². The fraction of sp³-hybridized carbons (Fsp3) is 0.630. The zero-order valence-corrected chi connectivity index (χ0v) is 22.7. The molecule has 0 amide bonds. The summed E-state index contributed by atoms with van der Waals surface area (Å²) in [6.07, 6.45) is 0.0858. The van der Waals surface area contributed by atoms with Gasteiger partial charge in [0.05, 0.1) is 17.3 Å². The number of carboxylic acid groups (broad SMARTS) is 1. The van der Waals surface area contributed by atoms with E-state index in [0.717, 1.165) is 0 Å². The molecule has 0 radical (unpaired) electrons. The number of hydrogen-bond acceptors (Lipinski definition) is 8. The average Bonchev–Trinajstić information content (AvgIpc) is 2.78. The van der Waals surface area contributed by atoms with Crippen LogP contribution in [0.4, 0.5) is 0 Å². The third-order valence-electron chi connectivity index (χ3n) is 5.98. The van der Waals surface area contributed by atoms with Crippen molar-refractivity contribution in [3.05, 3.63) is 23.8 Å². The monoisotopic (exact) mass is 507 g/mol. The number of hydrogen-bond donors (Lipinski definition) is 2. The van der Waals surface area contributed by atoms with E-state index in [0.29, 0.717) is 18.4 Å². The van der Waals surface area contributed by atoms with Gasteiger partial charge in [-0.05, 0) is 58.2 Å². The third-order valence-corrected chi connectivity index (χ3v) is 5.98. The van der Waals surface area contributed by atoms with Crippen LogP contribution in [0.3, 0.4) is 0 Å². The third kappa shape index (κ3) is 8.93. The molecule has 0 aliphatic heterocycles. The Bertz CT molecular complexity index is 952. The quantitative estimate of drug-likeness (QED) is 0.313. The Labute approximate surface area is 213 Å². The highest BCUT2D eigenvalue weighted by molar-refractivity contribution is 5.80. The Balaban J connectivity index is 3.26. The first-order valence-electron chi connectivity index (χ1n) is 12.3. The van der Waals surface area contributed by atoms with Crippen LogP contribution in [0.2, 0.25) is 0 Å². The van der Waals surface area contributed by atoms with Crippen LogP contribution in [0, 0.1) is 17.3 Å². The lowest BCUT2D eigenvalue weighted by atomic mass is 9.86. The second-order valence-corrected chi connectivity index (χ2v) is 10.5. The number of nitrogens with two attached hydrogens (primary N) is 1. The Morgan fingerprint density at radius 1 is 0.917 bits per heavy atom. The van der Waals surface area contributed by atoms with Crippen molar-refractivity contribution in [3.63, 3.8) is 0 Å². The first-order valence-corrected chi connectivity index (χ1v) is 12.3. The molecule has 202 valence electrons. The molecule has 36 heavy (non-hydrogen) atoms. The second-order valence-electron chi connectivity index (χ2n) is 10.5. The molecule has 0 fully saturated rings. The summed E-state index contributed by atoms with van der Waals surface area (Å²) in [6, 6.07) is 4.48. The molecular formula is C27H41NO8. The van der Waals surface area contributed by atoms with Gasteiger partial charge in [-0.15, -0.1) is 0 Å². The standard InChI is InChI=1S/C27H41NO8/c1-9-16(3)22(29)35-20-12-11-19(13-21(20)36-23(30)17(4)10-2)15-27(28,24(31)32)14-18(5)34-25(33)26(6,7)8/h11-13,16-18H,9-10,14-15,28H2,1-8H3,(H,31,32)/t16?,17?,18-,27?/m0/s1. The summed E-state index contributed by atoms with van der Waals surface area (Å²) in [6.45, 7) is 13.8. The molecule has 9 heteroatoms. The highest BCUT2D eigenvalue weighted by Crippen LogP contribution is 2.32. The lowest BCUT2D eigenvalue weighted by Gasteiger charge is -2.29. The van der Waals surface area contributed by atoms with E-state index < -0.39 is 46.9 Å². The molecule has 1 aromatic carbocycles. The molecule has 1 rings (SSSR count). The number of esters is 3. The SMILES string of the molecule is CCC(C)C(=O)Oc1ccc(CC(N)(C[C@H](C)OC(=O)C(C)(C)C)C(=O)O)cc1OC(=O)C(C)CC. The summed E-state index contributed by atoms with van der Waals surface area (Å²) in [7, 11) is 0. The highest BCUT2D eigenvalue weighted by Gasteiger charge is 2.38. The first kappa shape index (κ1) is 31.1. The van der Waals surface area contributed by atoms with Crippen LogP contribution >= 0.6 is 0 Å². The van der Waals surface area contributed by atoms with E-state index in [-0.39, 0.29) is 30.3 Å². The number of carbonyl (C=O) groups is 4. The molecule has 0 aromatic heterocycles. The Morgan fingerprint density at radius 2 is 1.42 bits per heavy atom. The zero-order valence-electron chi connectivity index (χ0n) is 22.7. The van der Waals surface area contributed by atoms with Crippen molar-refractivity contribution in [1.82, 2.24) is 0 Å². The molecule has 0 aliphatic rings. The predicted octanol–water partition coefficient (Wildman–Crippen LogP) is 4.28. The van der Waals surface area contributed by atoms with Gasteiger partial charge in [-0.2, -0.15) is 0 Å². The molecule has 0 aliphatic carbocycles. The van der Waals surface area contributed by atoms with Gasteiger partial charge in [-0.25, -0.2) is 0 Å². The maximum absolute atomic E-state index is 12.5. The number of carboxylic acids is 1. The van der Waals surface area contributed by atoms with Crippen molar-refractivity contribution in [3.8, 4) is 11.5 Å². The number of ether oxygens (including phenoxy) is 3. The number of aliphatic carboxylic acids is 1. The van der Waals surface area contributed by atoms with Crippen LogP contribution in [-0.4, -0.2) is 40.6 Å². The molecule has 4 atom stereocenters. The number of benzene rings is 1. The molecular weight excluding hydrogens is 466 g/mol. The minimum Gasteiger partial charge on any atom is -0.480 e. The minimum absolute atomic E-state index is 0.00870. The van der Waals surface area contributed by atoms with Crippen molar-refractivity contribution in [1.29, 1.82) is 0 Å². The highest BCUT2D eigenvalue weighted by atomic mass is 16.6. The Kier molecular flexibility index (Phi) is 11.1. The predicted molar refractivity (Wildman–Crippen MR) is 135 cm³/mol. The Hall–Kier alpha value is -2.94. The van der Waals surface area contributed by atoms with Crippen LogP contribution in [0.5, 0.6) is 11.5 Å². The molecule has 9 nitrogen and oxygen atoms in total. The molecule has 0 bridgehead atoms. The van der Waals surface area contributed by atoms with E-state index in [9.17, 15) is 24.3 Å². The first-order chi connectivity index (χ1) is 16.5. The van der Waals surface area contributed by atoms with E-state index in [1.165, 1.54) is 12.1 Å². The maximum atomic E-state index is 12.5. The summed E-state index contributed by atoms with van der Waals surface area (Å²) in [5.41, 5.74) is 4.20. The van der Waals surface area contributed by atoms with Gasteiger partial charge in [0.15, 0.2) is 11.5 Å². The normalized spacial score (nSPS) is 15.7. The molecule has 0 saturated heterocycles. The van der Waals surface area contributed by atoms with Gasteiger partial charge in [0.1, 0.15) is 11.6 Å². The van der Waals surface area contributed by atoms with Crippen molar-refractivity contribution < 1.29 is 38.5 Å². The van der Waals surface area contributed by atoms with E-state index in [2.05, 4.69) is 0 Å².